The summed E-state index contributed by atoms with van der Waals surface area (Å²) < 4.78 is 23.8. The molecule has 1 fully saturated rings. The summed E-state index contributed by atoms with van der Waals surface area (Å²) in [5.74, 6) is 2.50. The molecule has 0 aliphatic carbocycles. The average Bonchev–Trinajstić information content (AvgIpc) is 3.07. The van der Waals surface area contributed by atoms with Crippen molar-refractivity contribution in [1.29, 1.82) is 0 Å². The molecule has 0 amide bonds. The Hall–Kier alpha value is -2.44. The van der Waals surface area contributed by atoms with Crippen molar-refractivity contribution in [2.75, 3.05) is 26.2 Å². The zero-order valence-corrected chi connectivity index (χ0v) is 15.0. The van der Waals surface area contributed by atoms with Crippen molar-refractivity contribution < 1.29 is 24.1 Å². The molecule has 6 heteroatoms. The maximum Gasteiger partial charge on any atom is 0.254 e. The fourth-order valence-corrected chi connectivity index (χ4v) is 3.93. The summed E-state index contributed by atoms with van der Waals surface area (Å²) in [6.45, 7) is 2.50. The normalized spacial score (nSPS) is 24.0. The Morgan fingerprint density at radius 3 is 2.19 bits per heavy atom. The summed E-state index contributed by atoms with van der Waals surface area (Å²) in [4.78, 5) is 2.23. The number of benzene rings is 2. The number of aliphatic hydroxyl groups is 1. The fourth-order valence-electron chi connectivity index (χ4n) is 3.93. The van der Waals surface area contributed by atoms with Crippen LogP contribution in [0.2, 0.25) is 0 Å². The summed E-state index contributed by atoms with van der Waals surface area (Å²) in [6.07, 6.45) is 0.549. The molecule has 1 N–H and O–H groups in total. The zero-order valence-electron chi connectivity index (χ0n) is 15.0. The maximum atomic E-state index is 10.6. The van der Waals surface area contributed by atoms with Crippen LogP contribution in [0.5, 0.6) is 23.0 Å². The highest BCUT2D eigenvalue weighted by Gasteiger charge is 2.44. The number of para-hydroxylation sites is 4. The Kier molecular flexibility index (Phi) is 4.10. The van der Waals surface area contributed by atoms with Crippen LogP contribution >= 0.6 is 0 Å². The number of β-amino-alcohol motifs (C(OH)–C–C–N with tert-alkyl or cyclic N) is 1. The van der Waals surface area contributed by atoms with Crippen molar-refractivity contribution in [3.8, 4) is 23.0 Å². The summed E-state index contributed by atoms with van der Waals surface area (Å²) in [6, 6.07) is 15.4. The van der Waals surface area contributed by atoms with Crippen LogP contribution in [0.4, 0.5) is 0 Å². The smallest absolute Gasteiger partial charge is 0.254 e. The van der Waals surface area contributed by atoms with Crippen molar-refractivity contribution in [3.05, 3.63) is 48.5 Å². The first-order valence-corrected chi connectivity index (χ1v) is 9.47. The number of aliphatic hydroxyl groups excluding tert-OH is 1. The van der Waals surface area contributed by atoms with Crippen molar-refractivity contribution in [3.63, 3.8) is 0 Å². The highest BCUT2D eigenvalue weighted by atomic mass is 16.7. The fraction of sp³-hybridized carbons (Fsp3) is 0.429. The predicted molar refractivity (Wildman–Crippen MR) is 98.5 cm³/mol. The van der Waals surface area contributed by atoms with Gasteiger partial charge in [-0.25, -0.2) is 0 Å². The number of fused-ring (bicyclic) bond motifs is 2. The van der Waals surface area contributed by atoms with E-state index in [2.05, 4.69) is 4.90 Å². The third-order valence-electron chi connectivity index (χ3n) is 5.46. The van der Waals surface area contributed by atoms with Crippen molar-refractivity contribution >= 4 is 0 Å². The molecule has 5 rings (SSSR count). The molecule has 3 aliphatic heterocycles. The number of hydrogen-bond acceptors (Lipinski definition) is 6. The first-order valence-electron chi connectivity index (χ1n) is 9.47. The van der Waals surface area contributed by atoms with Crippen LogP contribution in [-0.4, -0.2) is 54.2 Å². The van der Waals surface area contributed by atoms with E-state index in [0.29, 0.717) is 18.9 Å². The van der Waals surface area contributed by atoms with Crippen molar-refractivity contribution in [1.82, 2.24) is 4.90 Å². The topological polar surface area (TPSA) is 60.4 Å². The molecule has 0 aromatic heterocycles. The molecule has 0 radical (unpaired) electrons. The minimum absolute atomic E-state index is 0.359. The molecule has 1 saturated heterocycles. The zero-order chi connectivity index (χ0) is 18.3. The van der Waals surface area contributed by atoms with Gasteiger partial charge in [0, 0.05) is 32.5 Å². The van der Waals surface area contributed by atoms with Gasteiger partial charge in [-0.2, -0.15) is 0 Å². The monoisotopic (exact) mass is 369 g/mol. The van der Waals surface area contributed by atoms with Crippen LogP contribution in [0.3, 0.4) is 0 Å². The van der Waals surface area contributed by atoms with Gasteiger partial charge in [-0.05, 0) is 24.3 Å². The largest absolute Gasteiger partial charge is 0.486 e. The Morgan fingerprint density at radius 2 is 1.52 bits per heavy atom. The van der Waals surface area contributed by atoms with E-state index in [0.717, 1.165) is 43.2 Å². The molecular formula is C21H23NO5. The quantitative estimate of drug-likeness (QED) is 0.897. The van der Waals surface area contributed by atoms with Crippen LogP contribution in [0.15, 0.2) is 48.5 Å². The molecule has 0 saturated carbocycles. The van der Waals surface area contributed by atoms with Crippen LogP contribution in [0.1, 0.15) is 12.8 Å². The minimum Gasteiger partial charge on any atom is -0.486 e. The number of piperidine rings is 1. The van der Waals surface area contributed by atoms with E-state index in [1.54, 1.807) is 0 Å². The number of nitrogens with zero attached hydrogens (tertiary/aromatic N) is 1. The van der Waals surface area contributed by atoms with Crippen LogP contribution < -0.4 is 18.9 Å². The minimum atomic E-state index is -0.616. The lowest BCUT2D eigenvalue weighted by Crippen LogP contribution is -2.53. The molecule has 6 nitrogen and oxygen atoms in total. The lowest BCUT2D eigenvalue weighted by molar-refractivity contribution is -0.124. The lowest BCUT2D eigenvalue weighted by Gasteiger charge is -2.39. The van der Waals surface area contributed by atoms with Crippen molar-refractivity contribution in [2.24, 2.45) is 0 Å². The first-order chi connectivity index (χ1) is 13.2. The Bertz CT molecular complexity index is 791. The van der Waals surface area contributed by atoms with Gasteiger partial charge < -0.3 is 29.0 Å². The predicted octanol–water partition coefficient (Wildman–Crippen LogP) is 2.45. The molecule has 2 atom stereocenters. The SMILES string of the molecule is O[C@H](CN1CCC2(CC1)Oc1ccccc1O2)[C@@H]1COc2ccccc2O1. The Labute approximate surface area is 158 Å². The summed E-state index contributed by atoms with van der Waals surface area (Å²) in [7, 11) is 0. The highest BCUT2D eigenvalue weighted by Crippen LogP contribution is 2.43. The molecule has 2 aromatic rings. The van der Waals surface area contributed by atoms with E-state index in [-0.39, 0.29) is 6.10 Å². The van der Waals surface area contributed by atoms with Gasteiger partial charge in [-0.15, -0.1) is 0 Å². The van der Waals surface area contributed by atoms with Crippen LogP contribution in [0, 0.1) is 0 Å². The van der Waals surface area contributed by atoms with E-state index >= 15 is 0 Å². The molecule has 2 aromatic carbocycles. The number of hydrogen-bond donors (Lipinski definition) is 1. The third kappa shape index (κ3) is 3.19. The van der Waals surface area contributed by atoms with E-state index in [9.17, 15) is 5.11 Å². The van der Waals surface area contributed by atoms with E-state index in [1.807, 2.05) is 48.5 Å². The molecule has 1 spiro atoms. The summed E-state index contributed by atoms with van der Waals surface area (Å²) in [5.41, 5.74) is 0. The molecule has 0 bridgehead atoms. The average molecular weight is 369 g/mol. The molecular weight excluding hydrogens is 346 g/mol. The van der Waals surface area contributed by atoms with Gasteiger partial charge >= 0.3 is 0 Å². The van der Waals surface area contributed by atoms with Gasteiger partial charge in [0.1, 0.15) is 12.7 Å². The summed E-state index contributed by atoms with van der Waals surface area (Å²) in [5, 5.41) is 10.6. The second-order valence-corrected chi connectivity index (χ2v) is 7.34. The lowest BCUT2D eigenvalue weighted by atomic mass is 10.0. The maximum absolute atomic E-state index is 10.6. The van der Waals surface area contributed by atoms with Gasteiger partial charge in [0.25, 0.3) is 5.79 Å². The van der Waals surface area contributed by atoms with Gasteiger partial charge in [0.05, 0.1) is 0 Å². The van der Waals surface area contributed by atoms with Gasteiger partial charge in [0.15, 0.2) is 29.1 Å². The van der Waals surface area contributed by atoms with Gasteiger partial charge in [-0.3, -0.25) is 0 Å². The third-order valence-corrected chi connectivity index (χ3v) is 5.46. The molecule has 3 heterocycles. The summed E-state index contributed by atoms with van der Waals surface area (Å²) >= 11 is 0. The van der Waals surface area contributed by atoms with Crippen LogP contribution in [-0.2, 0) is 0 Å². The number of ether oxygens (including phenoxy) is 4. The van der Waals surface area contributed by atoms with Crippen molar-refractivity contribution in [2.45, 2.75) is 30.8 Å². The Balaban J connectivity index is 1.16. The van der Waals surface area contributed by atoms with Gasteiger partial charge in [-0.1, -0.05) is 24.3 Å². The second kappa shape index (κ2) is 6.62. The van der Waals surface area contributed by atoms with Gasteiger partial charge in [0.2, 0.25) is 0 Å². The van der Waals surface area contributed by atoms with Crippen LogP contribution in [0.25, 0.3) is 0 Å². The number of rotatable bonds is 3. The standard InChI is InChI=1S/C21H23NO5/c23-15(20-14-24-16-5-1-2-6-17(16)25-20)13-22-11-9-21(10-12-22)26-18-7-3-4-8-19(18)27-21/h1-8,15,20,23H,9-14H2/t15-,20+/m1/s1. The Morgan fingerprint density at radius 1 is 0.926 bits per heavy atom. The van der Waals surface area contributed by atoms with E-state index in [1.165, 1.54) is 0 Å². The molecule has 27 heavy (non-hydrogen) atoms. The van der Waals surface area contributed by atoms with E-state index in [4.69, 9.17) is 18.9 Å². The number of likely N-dealkylation sites (tertiary alicyclic amines) is 1. The highest BCUT2D eigenvalue weighted by molar-refractivity contribution is 5.43. The molecule has 3 aliphatic rings. The van der Waals surface area contributed by atoms with E-state index < -0.39 is 11.9 Å². The molecule has 0 unspecified atom stereocenters. The molecule has 142 valence electrons. The first kappa shape index (κ1) is 16.7. The second-order valence-electron chi connectivity index (χ2n) is 7.34.